The van der Waals surface area contributed by atoms with E-state index in [1.54, 1.807) is 12.1 Å². The molecule has 2 aliphatic heterocycles. The number of nitriles is 1. The molecule has 3 aliphatic rings. The number of thioether (sulfide) groups is 1. The first-order chi connectivity index (χ1) is 13.6. The van der Waals surface area contributed by atoms with Crippen molar-refractivity contribution in [2.45, 2.75) is 42.0 Å². The minimum atomic E-state index is -1.27. The van der Waals surface area contributed by atoms with Gasteiger partial charge in [0.15, 0.2) is 11.0 Å². The summed E-state index contributed by atoms with van der Waals surface area (Å²) < 4.78 is 17.1. The maximum atomic E-state index is 13.8. The van der Waals surface area contributed by atoms with Crippen LogP contribution in [0.3, 0.4) is 0 Å². The largest absolute Gasteiger partial charge is 0.283 e. The molecule has 1 aliphatic carbocycles. The zero-order valence-electron chi connectivity index (χ0n) is 15.4. The number of hydrogen-bond acceptors (Lipinski definition) is 3. The first-order valence-corrected chi connectivity index (χ1v) is 12.8. The Morgan fingerprint density at radius 2 is 1.86 bits per heavy atom. The van der Waals surface area contributed by atoms with Crippen LogP contribution in [0.5, 0.6) is 0 Å². The van der Waals surface area contributed by atoms with Crippen LogP contribution in [-0.4, -0.2) is 21.8 Å². The summed E-state index contributed by atoms with van der Waals surface area (Å²) in [6.45, 7) is 0. The van der Waals surface area contributed by atoms with Crippen LogP contribution in [0.25, 0.3) is 0 Å². The monoisotopic (exact) mass is 472 g/mol. The van der Waals surface area contributed by atoms with Crippen molar-refractivity contribution in [3.8, 4) is 6.07 Å². The predicted octanol–water partition coefficient (Wildman–Crippen LogP) is 5.41. The number of benzene rings is 2. The van der Waals surface area contributed by atoms with Gasteiger partial charge in [-0.2, -0.15) is 17.0 Å². The molecule has 1 saturated carbocycles. The molecule has 2 fully saturated rings. The first kappa shape index (κ1) is 18.7. The van der Waals surface area contributed by atoms with E-state index in [2.05, 4.69) is 44.5 Å². The second kappa shape index (κ2) is 7.19. The highest BCUT2D eigenvalue weighted by molar-refractivity contribution is 9.10. The Morgan fingerprint density at radius 3 is 2.50 bits per heavy atom. The molecule has 6 heteroatoms. The Morgan fingerprint density at radius 1 is 1.14 bits per heavy atom. The Labute approximate surface area is 181 Å². The van der Waals surface area contributed by atoms with Crippen molar-refractivity contribution in [3.63, 3.8) is 0 Å². The molecule has 2 aromatic carbocycles. The van der Waals surface area contributed by atoms with Crippen molar-refractivity contribution >= 4 is 44.4 Å². The molecule has 144 valence electrons. The summed E-state index contributed by atoms with van der Waals surface area (Å²) in [5.74, 6) is 2.97. The maximum Gasteiger partial charge on any atom is 0.153 e. The molecule has 0 bridgehead atoms. The van der Waals surface area contributed by atoms with Gasteiger partial charge in [-0.3, -0.25) is 4.31 Å². The summed E-state index contributed by atoms with van der Waals surface area (Å²) in [6, 6.07) is 16.2. The van der Waals surface area contributed by atoms with E-state index in [1.807, 2.05) is 23.9 Å². The van der Waals surface area contributed by atoms with Gasteiger partial charge in [0.1, 0.15) is 0 Å². The number of fused-ring (bicyclic) bond motifs is 2. The summed E-state index contributed by atoms with van der Waals surface area (Å²) in [6.07, 6.45) is 4.78. The molecule has 3 nitrogen and oxygen atoms in total. The van der Waals surface area contributed by atoms with Crippen molar-refractivity contribution in [2.24, 2.45) is 5.92 Å². The van der Waals surface area contributed by atoms with Crippen LogP contribution in [0.2, 0.25) is 0 Å². The molecule has 5 rings (SSSR count). The van der Waals surface area contributed by atoms with Crippen molar-refractivity contribution in [3.05, 3.63) is 58.1 Å². The molecular weight excluding hydrogens is 452 g/mol. The fraction of sp³-hybridized carbons (Fsp3) is 0.409. The molecule has 28 heavy (non-hydrogen) atoms. The minimum Gasteiger partial charge on any atom is -0.283 e. The fourth-order valence-corrected chi connectivity index (χ4v) is 8.04. The van der Waals surface area contributed by atoms with Crippen molar-refractivity contribution in [1.82, 2.24) is 0 Å². The third-order valence-electron chi connectivity index (χ3n) is 6.37. The topological polar surface area (TPSA) is 44.1 Å². The smallest absolute Gasteiger partial charge is 0.153 e. The summed E-state index contributed by atoms with van der Waals surface area (Å²) in [5, 5.41) is 9.08. The summed E-state index contributed by atoms with van der Waals surface area (Å²) in [4.78, 5) is 0.778. The highest BCUT2D eigenvalue weighted by Gasteiger charge is 2.57. The van der Waals surface area contributed by atoms with Gasteiger partial charge in [-0.25, -0.2) is 4.21 Å². The first-order valence-electron chi connectivity index (χ1n) is 9.73. The Kier molecular flexibility index (Phi) is 4.81. The van der Waals surface area contributed by atoms with E-state index in [-0.39, 0.29) is 5.41 Å². The highest BCUT2D eigenvalue weighted by Crippen LogP contribution is 2.59. The van der Waals surface area contributed by atoms with Gasteiger partial charge in [-0.1, -0.05) is 15.9 Å². The van der Waals surface area contributed by atoms with Gasteiger partial charge in [-0.15, -0.1) is 0 Å². The van der Waals surface area contributed by atoms with Gasteiger partial charge in [-0.05, 0) is 91.1 Å². The Bertz CT molecular complexity index is 975. The number of hydrogen-bond donors (Lipinski definition) is 0. The standard InChI is InChI=1S/C22H21BrN2OS2/c23-17-5-8-20-19(13-17)22(9-11-27-12-10-22)21(16-3-4-16)25(20)28(26)18-6-1-15(14-24)2-7-18/h1-2,5-8,13,16,21H,3-4,9-12H2. The van der Waals surface area contributed by atoms with Crippen LogP contribution < -0.4 is 4.31 Å². The van der Waals surface area contributed by atoms with E-state index in [9.17, 15) is 4.21 Å². The minimum absolute atomic E-state index is 0.105. The molecule has 1 saturated heterocycles. The van der Waals surface area contributed by atoms with Crippen LogP contribution in [0.15, 0.2) is 51.8 Å². The van der Waals surface area contributed by atoms with Gasteiger partial charge in [0.2, 0.25) is 0 Å². The van der Waals surface area contributed by atoms with Gasteiger partial charge in [0.25, 0.3) is 0 Å². The lowest BCUT2D eigenvalue weighted by Crippen LogP contribution is -2.49. The molecule has 0 N–H and O–H groups in total. The summed E-state index contributed by atoms with van der Waals surface area (Å²) in [5.41, 5.74) is 3.22. The van der Waals surface area contributed by atoms with E-state index in [0.717, 1.165) is 27.9 Å². The number of halogens is 1. The summed E-state index contributed by atoms with van der Waals surface area (Å²) >= 11 is 5.72. The zero-order valence-corrected chi connectivity index (χ0v) is 18.7. The number of nitrogens with zero attached hydrogens (tertiary/aromatic N) is 2. The lowest BCUT2D eigenvalue weighted by atomic mass is 9.70. The van der Waals surface area contributed by atoms with E-state index in [0.29, 0.717) is 17.5 Å². The predicted molar refractivity (Wildman–Crippen MR) is 119 cm³/mol. The van der Waals surface area contributed by atoms with Crippen LogP contribution in [0.4, 0.5) is 5.69 Å². The Balaban J connectivity index is 1.64. The molecule has 1 spiro atoms. The van der Waals surface area contributed by atoms with Crippen molar-refractivity contribution in [2.75, 3.05) is 15.8 Å². The van der Waals surface area contributed by atoms with Gasteiger partial charge in [0.05, 0.1) is 28.3 Å². The average Bonchev–Trinajstić information content (AvgIpc) is 3.53. The Hall–Kier alpha value is -1.29. The number of anilines is 1. The quantitative estimate of drug-likeness (QED) is 0.599. The van der Waals surface area contributed by atoms with Gasteiger partial charge >= 0.3 is 0 Å². The second-order valence-electron chi connectivity index (χ2n) is 7.92. The third-order valence-corrected chi connectivity index (χ3v) is 9.30. The van der Waals surface area contributed by atoms with E-state index in [1.165, 1.54) is 29.9 Å². The van der Waals surface area contributed by atoms with Crippen LogP contribution in [0, 0.1) is 17.2 Å². The SMILES string of the molecule is N#Cc1ccc(S(=O)N2c3ccc(Br)cc3C3(CCSCC3)C2C2CC2)cc1. The van der Waals surface area contributed by atoms with E-state index in [4.69, 9.17) is 5.26 Å². The zero-order chi connectivity index (χ0) is 19.3. The van der Waals surface area contributed by atoms with Gasteiger partial charge in [0, 0.05) is 9.89 Å². The van der Waals surface area contributed by atoms with Crippen LogP contribution in [-0.2, 0) is 16.4 Å². The molecule has 2 aromatic rings. The maximum absolute atomic E-state index is 13.8. The van der Waals surface area contributed by atoms with E-state index >= 15 is 0 Å². The molecule has 2 atom stereocenters. The highest BCUT2D eigenvalue weighted by atomic mass is 79.9. The number of rotatable bonds is 3. The van der Waals surface area contributed by atoms with Crippen LogP contribution in [0.1, 0.15) is 36.8 Å². The summed E-state index contributed by atoms with van der Waals surface area (Å²) in [7, 11) is -1.27. The lowest BCUT2D eigenvalue weighted by Gasteiger charge is -2.41. The second-order valence-corrected chi connectivity index (χ2v) is 11.4. The average molecular weight is 473 g/mol. The lowest BCUT2D eigenvalue weighted by molar-refractivity contribution is 0.317. The molecule has 2 heterocycles. The van der Waals surface area contributed by atoms with Crippen LogP contribution >= 0.6 is 27.7 Å². The third kappa shape index (κ3) is 2.94. The molecule has 2 unspecified atom stereocenters. The van der Waals surface area contributed by atoms with Crippen molar-refractivity contribution < 1.29 is 4.21 Å². The fourth-order valence-electron chi connectivity index (χ4n) is 4.94. The molecule has 0 radical (unpaired) electrons. The normalized spacial score (nSPS) is 24.0. The van der Waals surface area contributed by atoms with Gasteiger partial charge < -0.3 is 0 Å². The van der Waals surface area contributed by atoms with Crippen molar-refractivity contribution in [1.29, 1.82) is 5.26 Å². The molecule has 0 aromatic heterocycles. The molecule has 0 amide bonds. The van der Waals surface area contributed by atoms with E-state index < -0.39 is 11.0 Å². The molecular formula is C22H21BrN2OS2.